The van der Waals surface area contributed by atoms with E-state index < -0.39 is 0 Å². The van der Waals surface area contributed by atoms with E-state index >= 15 is 0 Å². The molecule has 0 aliphatic rings. The first-order valence-corrected chi connectivity index (χ1v) is 1.54. The van der Waals surface area contributed by atoms with Crippen LogP contribution in [-0.4, -0.2) is 26.7 Å². The van der Waals surface area contributed by atoms with E-state index in [9.17, 15) is 0 Å². The molecular weight excluding hydrogens is 74.9 g/mol. The van der Waals surface area contributed by atoms with E-state index in [2.05, 4.69) is 4.99 Å². The Morgan fingerprint density at radius 2 is 2.50 bits per heavy atom. The van der Waals surface area contributed by atoms with E-state index in [1.807, 2.05) is 0 Å². The van der Waals surface area contributed by atoms with Gasteiger partial charge in [0.1, 0.15) is 7.85 Å². The molecule has 0 saturated carbocycles. The van der Waals surface area contributed by atoms with Gasteiger partial charge < -0.3 is 10.4 Å². The minimum Gasteiger partial charge on any atom is -0.308 e. The maximum absolute atomic E-state index is 6.43. The topological polar surface area (TPSA) is 36.2 Å². The normalized spacial score (nSPS) is 11.2. The predicted molar refractivity (Wildman–Crippen MR) is 27.9 cm³/mol. The Balaban J connectivity index is 3.50. The second-order valence-corrected chi connectivity index (χ2v) is 0.793. The van der Waals surface area contributed by atoms with Crippen molar-refractivity contribution in [3.8, 4) is 0 Å². The SMILES string of the molecule is [B]C(C=N)=NC. The Morgan fingerprint density at radius 3 is 2.50 bits per heavy atom. The van der Waals surface area contributed by atoms with Crippen molar-refractivity contribution in [3.63, 3.8) is 0 Å². The Bertz CT molecular complexity index is 76.9. The lowest BCUT2D eigenvalue weighted by molar-refractivity contribution is 1.47. The van der Waals surface area contributed by atoms with Crippen LogP contribution >= 0.6 is 0 Å². The van der Waals surface area contributed by atoms with Crippen molar-refractivity contribution < 1.29 is 0 Å². The Morgan fingerprint density at radius 1 is 2.00 bits per heavy atom. The highest BCUT2D eigenvalue weighted by Crippen LogP contribution is 1.55. The fraction of sp³-hybridized carbons (Fsp3) is 0.333. The highest BCUT2D eigenvalue weighted by Gasteiger charge is 1.70. The third kappa shape index (κ3) is 1.70. The first-order chi connectivity index (χ1) is 2.81. The van der Waals surface area contributed by atoms with Crippen molar-refractivity contribution in [2.45, 2.75) is 0 Å². The van der Waals surface area contributed by atoms with E-state index in [0.717, 1.165) is 6.21 Å². The summed E-state index contributed by atoms with van der Waals surface area (Å²) in [4.78, 5) is 3.46. The molecule has 0 aromatic heterocycles. The summed E-state index contributed by atoms with van der Waals surface area (Å²) in [6.45, 7) is 0. The van der Waals surface area contributed by atoms with Crippen molar-refractivity contribution in [3.05, 3.63) is 0 Å². The molecule has 0 atom stereocenters. The summed E-state index contributed by atoms with van der Waals surface area (Å²) in [7, 11) is 6.52. The highest BCUT2D eigenvalue weighted by molar-refractivity contribution is 6.75. The van der Waals surface area contributed by atoms with Crippen LogP contribution in [0.5, 0.6) is 0 Å². The first kappa shape index (κ1) is 5.40. The van der Waals surface area contributed by atoms with Crippen molar-refractivity contribution in [1.82, 2.24) is 0 Å². The second-order valence-electron chi connectivity index (χ2n) is 0.793. The summed E-state index contributed by atoms with van der Waals surface area (Å²) in [5.74, 6) is 0. The molecule has 0 heterocycles. The third-order valence-corrected chi connectivity index (χ3v) is 0.406. The van der Waals surface area contributed by atoms with E-state index in [0.29, 0.717) is 0 Å². The number of hydrogen-bond acceptors (Lipinski definition) is 2. The van der Waals surface area contributed by atoms with Gasteiger partial charge in [-0.15, -0.1) is 0 Å². The summed E-state index contributed by atoms with van der Waals surface area (Å²) in [5.41, 5.74) is 0.259. The molecule has 0 spiro atoms. The van der Waals surface area contributed by atoms with Crippen LogP contribution in [0.2, 0.25) is 0 Å². The number of hydrogen-bond donors (Lipinski definition) is 1. The van der Waals surface area contributed by atoms with Crippen LogP contribution in [0, 0.1) is 5.41 Å². The monoisotopic (exact) mass is 80.1 g/mol. The van der Waals surface area contributed by atoms with Gasteiger partial charge in [-0.05, 0) is 5.61 Å². The Labute approximate surface area is 38.2 Å². The standard InChI is InChI=1S/C3H5BN2/c1-6-3(4)2-5/h2,5H,1H3. The van der Waals surface area contributed by atoms with Crippen LogP contribution in [-0.2, 0) is 0 Å². The molecule has 0 saturated heterocycles. The molecule has 0 fully saturated rings. The molecule has 0 aliphatic carbocycles. The summed E-state index contributed by atoms with van der Waals surface area (Å²) in [6.07, 6.45) is 1.00. The summed E-state index contributed by atoms with van der Waals surface area (Å²) in [6, 6.07) is 0. The van der Waals surface area contributed by atoms with Gasteiger partial charge in [0.05, 0.1) is 0 Å². The van der Waals surface area contributed by atoms with Crippen molar-refractivity contribution in [2.75, 3.05) is 7.05 Å². The summed E-state index contributed by atoms with van der Waals surface area (Å²) < 4.78 is 0. The van der Waals surface area contributed by atoms with Gasteiger partial charge in [-0.25, -0.2) is 0 Å². The van der Waals surface area contributed by atoms with E-state index in [4.69, 9.17) is 13.3 Å². The highest BCUT2D eigenvalue weighted by atomic mass is 14.7. The number of rotatable bonds is 1. The molecule has 0 amide bonds. The van der Waals surface area contributed by atoms with Gasteiger partial charge >= 0.3 is 0 Å². The van der Waals surface area contributed by atoms with Crippen LogP contribution in [0.4, 0.5) is 0 Å². The molecular formula is C3H5BN2. The smallest absolute Gasteiger partial charge is 0.143 e. The van der Waals surface area contributed by atoms with Gasteiger partial charge in [-0.1, -0.05) is 0 Å². The molecule has 0 aliphatic heterocycles. The zero-order valence-electron chi connectivity index (χ0n) is 3.60. The van der Waals surface area contributed by atoms with Crippen LogP contribution in [0.3, 0.4) is 0 Å². The zero-order chi connectivity index (χ0) is 4.99. The lowest BCUT2D eigenvalue weighted by Crippen LogP contribution is -1.94. The van der Waals surface area contributed by atoms with Gasteiger partial charge in [0.15, 0.2) is 0 Å². The van der Waals surface area contributed by atoms with Crippen LogP contribution in [0.15, 0.2) is 4.99 Å². The first-order valence-electron chi connectivity index (χ1n) is 1.54. The Hall–Kier alpha value is -0.595. The quantitative estimate of drug-likeness (QED) is 0.335. The number of nitrogens with one attached hydrogen (secondary N) is 1. The number of nitrogens with zero attached hydrogens (tertiary/aromatic N) is 1. The maximum atomic E-state index is 6.43. The molecule has 1 N–H and O–H groups in total. The molecule has 0 aromatic carbocycles. The summed E-state index contributed by atoms with van der Waals surface area (Å²) >= 11 is 0. The second kappa shape index (κ2) is 2.63. The lowest BCUT2D eigenvalue weighted by atomic mass is 10.0. The molecule has 0 rings (SSSR count). The van der Waals surface area contributed by atoms with Gasteiger partial charge in [0, 0.05) is 13.3 Å². The van der Waals surface area contributed by atoms with Gasteiger partial charge in [0.25, 0.3) is 0 Å². The predicted octanol–water partition coefficient (Wildman–Crippen LogP) is -0.167. The molecule has 0 aromatic rings. The summed E-state index contributed by atoms with van der Waals surface area (Å²) in [5, 5.41) is 6.43. The average Bonchev–Trinajstić information content (AvgIpc) is 1.65. The molecule has 2 nitrogen and oxygen atoms in total. The van der Waals surface area contributed by atoms with E-state index in [-0.39, 0.29) is 5.61 Å². The fourth-order valence-corrected chi connectivity index (χ4v) is 0.0645. The van der Waals surface area contributed by atoms with Gasteiger partial charge in [0.2, 0.25) is 0 Å². The third-order valence-electron chi connectivity index (χ3n) is 0.406. The molecule has 3 heteroatoms. The molecule has 6 heavy (non-hydrogen) atoms. The fourth-order valence-electron chi connectivity index (χ4n) is 0.0645. The Kier molecular flexibility index (Phi) is 2.37. The largest absolute Gasteiger partial charge is 0.308 e. The van der Waals surface area contributed by atoms with E-state index in [1.54, 1.807) is 7.05 Å². The van der Waals surface area contributed by atoms with Crippen molar-refractivity contribution in [2.24, 2.45) is 4.99 Å². The van der Waals surface area contributed by atoms with E-state index in [1.165, 1.54) is 0 Å². The van der Waals surface area contributed by atoms with Crippen LogP contribution < -0.4 is 0 Å². The molecule has 0 bridgehead atoms. The average molecular weight is 79.9 g/mol. The van der Waals surface area contributed by atoms with Crippen LogP contribution in [0.1, 0.15) is 0 Å². The molecule has 30 valence electrons. The van der Waals surface area contributed by atoms with Crippen LogP contribution in [0.25, 0.3) is 0 Å². The lowest BCUT2D eigenvalue weighted by Gasteiger charge is -1.77. The maximum Gasteiger partial charge on any atom is 0.143 e. The van der Waals surface area contributed by atoms with Gasteiger partial charge in [-0.2, -0.15) is 0 Å². The molecule has 2 radical (unpaired) electrons. The minimum absolute atomic E-state index is 0.259. The minimum atomic E-state index is 0.259. The van der Waals surface area contributed by atoms with Crippen molar-refractivity contribution in [1.29, 1.82) is 5.41 Å². The number of aliphatic imine (C=N–C) groups is 1. The van der Waals surface area contributed by atoms with Gasteiger partial charge in [-0.3, -0.25) is 0 Å². The zero-order valence-corrected chi connectivity index (χ0v) is 3.60. The van der Waals surface area contributed by atoms with Crippen molar-refractivity contribution >= 4 is 19.7 Å². The molecule has 0 unspecified atom stereocenters.